The molecular weight excluding hydrogens is 328 g/mol. The van der Waals surface area contributed by atoms with Crippen molar-refractivity contribution >= 4 is 29.1 Å². The number of halogens is 1. The molecule has 24 heavy (non-hydrogen) atoms. The van der Waals surface area contributed by atoms with E-state index in [1.165, 1.54) is 0 Å². The summed E-state index contributed by atoms with van der Waals surface area (Å²) in [7, 11) is 0. The molecule has 0 saturated carbocycles. The minimum atomic E-state index is -0.332. The molecule has 2 aromatic rings. The number of hydrogen-bond acceptors (Lipinski definition) is 3. The number of carbonyl (C=O) groups is 2. The van der Waals surface area contributed by atoms with Crippen LogP contribution in [0.4, 0.5) is 5.69 Å². The van der Waals surface area contributed by atoms with Crippen molar-refractivity contribution in [1.82, 2.24) is 5.32 Å². The van der Waals surface area contributed by atoms with Crippen molar-refractivity contribution in [3.05, 3.63) is 65.2 Å². The van der Waals surface area contributed by atoms with Crippen LogP contribution in [0.25, 0.3) is 0 Å². The highest BCUT2D eigenvalue weighted by molar-refractivity contribution is 6.30. The number of nitrogens with one attached hydrogen (secondary N) is 2. The van der Waals surface area contributed by atoms with Crippen molar-refractivity contribution in [3.8, 4) is 0 Å². The van der Waals surface area contributed by atoms with Gasteiger partial charge >= 0.3 is 0 Å². The summed E-state index contributed by atoms with van der Waals surface area (Å²) >= 11 is 5.77. The van der Waals surface area contributed by atoms with Gasteiger partial charge in [-0.15, -0.1) is 0 Å². The van der Waals surface area contributed by atoms with Gasteiger partial charge < -0.3 is 15.4 Å². The first-order valence-corrected chi connectivity index (χ1v) is 7.90. The zero-order chi connectivity index (χ0) is 17.4. The Morgan fingerprint density at radius 1 is 1.00 bits per heavy atom. The van der Waals surface area contributed by atoms with Crippen molar-refractivity contribution in [2.75, 3.05) is 18.5 Å². The van der Waals surface area contributed by atoms with Crippen LogP contribution >= 0.6 is 11.6 Å². The second-order valence-corrected chi connectivity index (χ2v) is 5.68. The van der Waals surface area contributed by atoms with Gasteiger partial charge in [-0.25, -0.2) is 0 Å². The average Bonchev–Trinajstić information content (AvgIpc) is 2.57. The molecule has 0 aromatic heterocycles. The minimum Gasteiger partial charge on any atom is -0.362 e. The number of amides is 2. The van der Waals surface area contributed by atoms with Crippen LogP contribution in [0.2, 0.25) is 5.02 Å². The fourth-order valence-electron chi connectivity index (χ4n) is 2.07. The lowest BCUT2D eigenvalue weighted by molar-refractivity contribution is -0.129. The van der Waals surface area contributed by atoms with Gasteiger partial charge in [0.1, 0.15) is 13.2 Å². The molecule has 0 saturated heterocycles. The summed E-state index contributed by atoms with van der Waals surface area (Å²) in [5, 5.41) is 6.06. The first kappa shape index (κ1) is 18.0. The van der Waals surface area contributed by atoms with Gasteiger partial charge in [-0.05, 0) is 36.8 Å². The molecule has 0 spiro atoms. The van der Waals surface area contributed by atoms with Gasteiger partial charge in [0.2, 0.25) is 11.8 Å². The highest BCUT2D eigenvalue weighted by Crippen LogP contribution is 2.13. The minimum absolute atomic E-state index is 0.120. The molecule has 1 atom stereocenters. The Labute approximate surface area is 146 Å². The molecule has 6 heteroatoms. The normalized spacial score (nSPS) is 11.6. The van der Waals surface area contributed by atoms with Gasteiger partial charge in [0.05, 0.1) is 6.04 Å². The number of benzene rings is 2. The zero-order valence-electron chi connectivity index (χ0n) is 13.3. The van der Waals surface area contributed by atoms with Crippen LogP contribution in [-0.2, 0) is 14.3 Å². The molecule has 0 aliphatic heterocycles. The standard InChI is InChI=1S/C18H19ClN2O3/c1-13(14-5-3-2-4-6-14)20-17(22)11-24-12-18(23)21-16-9-7-15(19)8-10-16/h2-10,13H,11-12H2,1H3,(H,20,22)(H,21,23)/t13-/m0/s1. The summed E-state index contributed by atoms with van der Waals surface area (Å²) in [4.78, 5) is 23.5. The van der Waals surface area contributed by atoms with E-state index in [1.807, 2.05) is 37.3 Å². The monoisotopic (exact) mass is 346 g/mol. The summed E-state index contributed by atoms with van der Waals surface area (Å²) in [6.07, 6.45) is 0. The second-order valence-electron chi connectivity index (χ2n) is 5.25. The molecule has 0 aliphatic carbocycles. The van der Waals surface area contributed by atoms with Gasteiger partial charge in [0.15, 0.2) is 0 Å². The zero-order valence-corrected chi connectivity index (χ0v) is 14.0. The topological polar surface area (TPSA) is 67.4 Å². The lowest BCUT2D eigenvalue weighted by atomic mass is 10.1. The summed E-state index contributed by atoms with van der Waals surface area (Å²) in [5.41, 5.74) is 1.63. The first-order valence-electron chi connectivity index (χ1n) is 7.52. The molecule has 0 aliphatic rings. The van der Waals surface area contributed by atoms with E-state index in [4.69, 9.17) is 16.3 Å². The second kappa shape index (κ2) is 9.05. The molecule has 2 rings (SSSR count). The Hall–Kier alpha value is -2.37. The van der Waals surface area contributed by atoms with Crippen molar-refractivity contribution in [1.29, 1.82) is 0 Å². The maximum Gasteiger partial charge on any atom is 0.250 e. The lowest BCUT2D eigenvalue weighted by Crippen LogP contribution is -2.31. The van der Waals surface area contributed by atoms with Gasteiger partial charge in [-0.3, -0.25) is 9.59 Å². The lowest BCUT2D eigenvalue weighted by Gasteiger charge is -2.14. The maximum absolute atomic E-state index is 11.8. The fourth-order valence-corrected chi connectivity index (χ4v) is 2.20. The molecule has 0 bridgehead atoms. The average molecular weight is 347 g/mol. The third kappa shape index (κ3) is 6.02. The summed E-state index contributed by atoms with van der Waals surface area (Å²) in [6.45, 7) is 1.52. The van der Waals surface area contributed by atoms with E-state index >= 15 is 0 Å². The number of hydrogen-bond donors (Lipinski definition) is 2. The highest BCUT2D eigenvalue weighted by Gasteiger charge is 2.10. The van der Waals surface area contributed by atoms with Crippen molar-refractivity contribution < 1.29 is 14.3 Å². The molecule has 0 fully saturated rings. The van der Waals surface area contributed by atoms with Gasteiger partial charge in [-0.2, -0.15) is 0 Å². The molecule has 0 radical (unpaired) electrons. The van der Waals surface area contributed by atoms with Crippen molar-refractivity contribution in [2.45, 2.75) is 13.0 Å². The molecule has 2 aromatic carbocycles. The molecule has 2 amide bonds. The van der Waals surface area contributed by atoms with E-state index in [0.717, 1.165) is 5.56 Å². The van der Waals surface area contributed by atoms with E-state index in [9.17, 15) is 9.59 Å². The smallest absolute Gasteiger partial charge is 0.250 e. The molecule has 2 N–H and O–H groups in total. The summed E-state index contributed by atoms with van der Waals surface area (Å²) < 4.78 is 5.14. The summed E-state index contributed by atoms with van der Waals surface area (Å²) in [6, 6.07) is 16.2. The highest BCUT2D eigenvalue weighted by atomic mass is 35.5. The summed E-state index contributed by atoms with van der Waals surface area (Å²) in [5.74, 6) is -0.605. The van der Waals surface area contributed by atoms with Crippen LogP contribution in [0, 0.1) is 0 Å². The number of anilines is 1. The van der Waals surface area contributed by atoms with Gasteiger partial charge in [0, 0.05) is 10.7 Å². The van der Waals surface area contributed by atoms with Gasteiger partial charge in [0.25, 0.3) is 0 Å². The van der Waals surface area contributed by atoms with Crippen molar-refractivity contribution in [2.24, 2.45) is 0 Å². The van der Waals surface area contributed by atoms with E-state index in [2.05, 4.69) is 10.6 Å². The first-order chi connectivity index (χ1) is 11.5. The predicted octanol–water partition coefficient (Wildman–Crippen LogP) is 3.17. The van der Waals surface area contributed by atoms with Crippen molar-refractivity contribution in [3.63, 3.8) is 0 Å². The maximum atomic E-state index is 11.8. The van der Waals surface area contributed by atoms with Crippen LogP contribution in [0.15, 0.2) is 54.6 Å². The predicted molar refractivity (Wildman–Crippen MR) is 93.9 cm³/mol. The van der Waals surface area contributed by atoms with Gasteiger partial charge in [-0.1, -0.05) is 41.9 Å². The Kier molecular flexibility index (Phi) is 6.78. The van der Waals surface area contributed by atoms with E-state index in [1.54, 1.807) is 24.3 Å². The van der Waals surface area contributed by atoms with Crippen LogP contribution in [0.1, 0.15) is 18.5 Å². The quantitative estimate of drug-likeness (QED) is 0.809. The molecule has 0 unspecified atom stereocenters. The Balaban J connectivity index is 1.68. The molecule has 0 heterocycles. The SMILES string of the molecule is C[C@H](NC(=O)COCC(=O)Nc1ccc(Cl)cc1)c1ccccc1. The van der Waals surface area contributed by atoms with Crippen LogP contribution in [-0.4, -0.2) is 25.0 Å². The number of carbonyl (C=O) groups excluding carboxylic acids is 2. The number of ether oxygens (including phenoxy) is 1. The van der Waals surface area contributed by atoms with Crippen LogP contribution in [0.5, 0.6) is 0 Å². The molecule has 5 nitrogen and oxygen atoms in total. The Morgan fingerprint density at radius 2 is 1.62 bits per heavy atom. The Bertz CT molecular complexity index is 674. The molecular formula is C18H19ClN2O3. The molecule has 126 valence electrons. The van der Waals surface area contributed by atoms with Crippen LogP contribution in [0.3, 0.4) is 0 Å². The number of rotatable bonds is 7. The van der Waals surface area contributed by atoms with E-state index < -0.39 is 0 Å². The fraction of sp³-hybridized carbons (Fsp3) is 0.222. The third-order valence-electron chi connectivity index (χ3n) is 3.27. The Morgan fingerprint density at radius 3 is 2.29 bits per heavy atom. The largest absolute Gasteiger partial charge is 0.362 e. The van der Waals surface area contributed by atoms with E-state index in [0.29, 0.717) is 10.7 Å². The van der Waals surface area contributed by atoms with Crippen LogP contribution < -0.4 is 10.6 Å². The van der Waals surface area contributed by atoms with E-state index in [-0.39, 0.29) is 31.1 Å². The third-order valence-corrected chi connectivity index (χ3v) is 3.52.